The number of hydrogen-bond donors (Lipinski definition) is 2. The Bertz CT molecular complexity index is 453. The van der Waals surface area contributed by atoms with Gasteiger partial charge in [-0.25, -0.2) is 4.39 Å². The molecule has 5 heteroatoms. The number of halogens is 2. The summed E-state index contributed by atoms with van der Waals surface area (Å²) in [5.41, 5.74) is 4.95. The fourth-order valence-electron chi connectivity index (χ4n) is 1.70. The van der Waals surface area contributed by atoms with Crippen molar-refractivity contribution in [1.82, 2.24) is 5.32 Å². The summed E-state index contributed by atoms with van der Waals surface area (Å²) in [6.07, 6.45) is 0.845. The average molecular weight is 273 g/mol. The number of carbonyl (C=O) groups excluding carboxylic acids is 1. The zero-order chi connectivity index (χ0) is 13.9. The first-order valence-electron chi connectivity index (χ1n) is 5.84. The van der Waals surface area contributed by atoms with Crippen molar-refractivity contribution >= 4 is 17.5 Å². The van der Waals surface area contributed by atoms with Crippen molar-refractivity contribution < 1.29 is 9.18 Å². The Morgan fingerprint density at radius 1 is 1.61 bits per heavy atom. The van der Waals surface area contributed by atoms with Gasteiger partial charge in [-0.3, -0.25) is 10.1 Å². The smallest absolute Gasteiger partial charge is 0.242 e. The third-order valence-corrected chi connectivity index (χ3v) is 3.43. The third kappa shape index (κ3) is 3.00. The van der Waals surface area contributed by atoms with Gasteiger partial charge in [0.25, 0.3) is 0 Å². The van der Waals surface area contributed by atoms with E-state index in [-0.39, 0.29) is 11.1 Å². The second-order valence-corrected chi connectivity index (χ2v) is 4.98. The zero-order valence-electron chi connectivity index (χ0n) is 10.8. The maximum absolute atomic E-state index is 13.1. The van der Waals surface area contributed by atoms with Crippen molar-refractivity contribution in [3.8, 4) is 0 Å². The number of primary amides is 1. The van der Waals surface area contributed by atoms with E-state index in [1.807, 2.05) is 13.8 Å². The molecule has 0 heterocycles. The molecule has 2 atom stereocenters. The molecule has 0 aromatic heterocycles. The summed E-state index contributed by atoms with van der Waals surface area (Å²) < 4.78 is 13.1. The van der Waals surface area contributed by atoms with Crippen LogP contribution in [0, 0.1) is 5.82 Å². The van der Waals surface area contributed by atoms with E-state index in [1.165, 1.54) is 18.2 Å². The second kappa shape index (κ2) is 5.67. The molecule has 0 aliphatic heterocycles. The lowest BCUT2D eigenvalue weighted by molar-refractivity contribution is -0.124. The summed E-state index contributed by atoms with van der Waals surface area (Å²) in [7, 11) is 0. The van der Waals surface area contributed by atoms with E-state index < -0.39 is 17.3 Å². The molecule has 1 aromatic carbocycles. The highest BCUT2D eigenvalue weighted by Crippen LogP contribution is 2.26. The number of hydrogen-bond acceptors (Lipinski definition) is 2. The van der Waals surface area contributed by atoms with Crippen LogP contribution in [0.3, 0.4) is 0 Å². The van der Waals surface area contributed by atoms with Crippen LogP contribution in [0.5, 0.6) is 0 Å². The summed E-state index contributed by atoms with van der Waals surface area (Å²) in [6.45, 7) is 5.62. The van der Waals surface area contributed by atoms with Gasteiger partial charge in [0.15, 0.2) is 0 Å². The van der Waals surface area contributed by atoms with Crippen LogP contribution in [0.4, 0.5) is 4.39 Å². The first kappa shape index (κ1) is 14.9. The number of carbonyl (C=O) groups is 1. The van der Waals surface area contributed by atoms with Crippen LogP contribution in [0.15, 0.2) is 18.2 Å². The van der Waals surface area contributed by atoms with E-state index in [1.54, 1.807) is 6.92 Å². The fourth-order valence-corrected chi connectivity index (χ4v) is 1.88. The van der Waals surface area contributed by atoms with Crippen LogP contribution in [0.25, 0.3) is 0 Å². The van der Waals surface area contributed by atoms with Gasteiger partial charge in [0, 0.05) is 6.04 Å². The molecule has 0 saturated carbocycles. The largest absolute Gasteiger partial charge is 0.368 e. The molecule has 0 aliphatic rings. The van der Waals surface area contributed by atoms with Gasteiger partial charge < -0.3 is 5.73 Å². The summed E-state index contributed by atoms with van der Waals surface area (Å²) in [4.78, 5) is 11.7. The Kier molecular flexibility index (Phi) is 4.71. The van der Waals surface area contributed by atoms with Crippen LogP contribution < -0.4 is 11.1 Å². The Morgan fingerprint density at radius 2 is 2.22 bits per heavy atom. The third-order valence-electron chi connectivity index (χ3n) is 3.14. The number of benzene rings is 1. The van der Waals surface area contributed by atoms with Crippen molar-refractivity contribution in [1.29, 1.82) is 0 Å². The fraction of sp³-hybridized carbons (Fsp3) is 0.462. The number of nitrogens with two attached hydrogens (primary N) is 1. The second-order valence-electron chi connectivity index (χ2n) is 4.57. The van der Waals surface area contributed by atoms with Gasteiger partial charge in [-0.15, -0.1) is 0 Å². The van der Waals surface area contributed by atoms with E-state index >= 15 is 0 Å². The molecular weight excluding hydrogens is 255 g/mol. The molecule has 0 aliphatic carbocycles. The van der Waals surface area contributed by atoms with Gasteiger partial charge in [0.2, 0.25) is 5.91 Å². The SMILES string of the molecule is CCC(C)NC(C)(C(N)=O)c1ccc(F)c(Cl)c1. The minimum absolute atomic E-state index is 0.0223. The maximum atomic E-state index is 13.1. The summed E-state index contributed by atoms with van der Waals surface area (Å²) >= 11 is 5.74. The van der Waals surface area contributed by atoms with Crippen molar-refractivity contribution in [3.05, 3.63) is 34.6 Å². The predicted octanol–water partition coefficient (Wildman–Crippen LogP) is 2.57. The standard InChI is InChI=1S/C13H18ClFN2O/c1-4-8(2)17-13(3,12(16)18)9-5-6-11(15)10(14)7-9/h5-8,17H,4H2,1-3H3,(H2,16,18). The minimum Gasteiger partial charge on any atom is -0.368 e. The molecule has 1 rings (SSSR count). The summed E-state index contributed by atoms with van der Waals surface area (Å²) in [5.74, 6) is -1.04. The van der Waals surface area contributed by atoms with Crippen LogP contribution in [0.1, 0.15) is 32.8 Å². The molecule has 3 N–H and O–H groups in total. The molecule has 100 valence electrons. The lowest BCUT2D eigenvalue weighted by Gasteiger charge is -2.31. The average Bonchev–Trinajstić information content (AvgIpc) is 2.31. The van der Waals surface area contributed by atoms with E-state index in [0.29, 0.717) is 5.56 Å². The Labute approximate surface area is 112 Å². The molecule has 1 amide bonds. The lowest BCUT2D eigenvalue weighted by Crippen LogP contribution is -2.53. The molecule has 18 heavy (non-hydrogen) atoms. The molecular formula is C13H18ClFN2O. The highest BCUT2D eigenvalue weighted by atomic mass is 35.5. The van der Waals surface area contributed by atoms with Crippen molar-refractivity contribution in [3.63, 3.8) is 0 Å². The molecule has 0 bridgehead atoms. The molecule has 0 radical (unpaired) electrons. The van der Waals surface area contributed by atoms with E-state index in [2.05, 4.69) is 5.32 Å². The maximum Gasteiger partial charge on any atom is 0.242 e. The highest BCUT2D eigenvalue weighted by Gasteiger charge is 2.34. The first-order chi connectivity index (χ1) is 8.31. The van der Waals surface area contributed by atoms with Gasteiger partial charge >= 0.3 is 0 Å². The molecule has 1 aromatic rings. The van der Waals surface area contributed by atoms with Crippen LogP contribution in [0.2, 0.25) is 5.02 Å². The molecule has 2 unspecified atom stereocenters. The van der Waals surface area contributed by atoms with E-state index in [0.717, 1.165) is 6.42 Å². The van der Waals surface area contributed by atoms with Gasteiger partial charge in [0.05, 0.1) is 5.02 Å². The van der Waals surface area contributed by atoms with Crippen molar-refractivity contribution in [2.45, 2.75) is 38.8 Å². The number of nitrogens with one attached hydrogen (secondary N) is 1. The van der Waals surface area contributed by atoms with E-state index in [4.69, 9.17) is 17.3 Å². The van der Waals surface area contributed by atoms with Gasteiger partial charge in [-0.2, -0.15) is 0 Å². The van der Waals surface area contributed by atoms with Gasteiger partial charge in [-0.05, 0) is 38.0 Å². The first-order valence-corrected chi connectivity index (χ1v) is 6.22. The van der Waals surface area contributed by atoms with Crippen molar-refractivity contribution in [2.24, 2.45) is 5.73 Å². The van der Waals surface area contributed by atoms with Crippen LogP contribution in [-0.2, 0) is 10.3 Å². The predicted molar refractivity (Wildman–Crippen MR) is 70.8 cm³/mol. The highest BCUT2D eigenvalue weighted by molar-refractivity contribution is 6.30. The zero-order valence-corrected chi connectivity index (χ0v) is 11.5. The Morgan fingerprint density at radius 3 is 2.67 bits per heavy atom. The summed E-state index contributed by atoms with van der Waals surface area (Å²) in [6, 6.07) is 4.28. The monoisotopic (exact) mass is 272 g/mol. The van der Waals surface area contributed by atoms with Crippen LogP contribution >= 0.6 is 11.6 Å². The lowest BCUT2D eigenvalue weighted by atomic mass is 9.90. The molecule has 0 fully saturated rings. The quantitative estimate of drug-likeness (QED) is 0.866. The summed E-state index contributed by atoms with van der Waals surface area (Å²) in [5, 5.41) is 3.13. The van der Waals surface area contributed by atoms with Crippen molar-refractivity contribution in [2.75, 3.05) is 0 Å². The molecule has 3 nitrogen and oxygen atoms in total. The normalized spacial score (nSPS) is 16.1. The number of amides is 1. The Hall–Kier alpha value is -1.13. The Balaban J connectivity index is 3.18. The molecule has 0 spiro atoms. The van der Waals surface area contributed by atoms with Gasteiger partial charge in [0.1, 0.15) is 11.4 Å². The number of rotatable bonds is 5. The molecule has 0 saturated heterocycles. The van der Waals surface area contributed by atoms with E-state index in [9.17, 15) is 9.18 Å². The topological polar surface area (TPSA) is 55.1 Å². The van der Waals surface area contributed by atoms with Gasteiger partial charge in [-0.1, -0.05) is 24.6 Å². The van der Waals surface area contributed by atoms with Crippen LogP contribution in [-0.4, -0.2) is 11.9 Å². The minimum atomic E-state index is -1.06.